The molecule has 0 unspecified atom stereocenters. The van der Waals surface area contributed by atoms with Crippen LogP contribution in [0.2, 0.25) is 0 Å². The number of para-hydroxylation sites is 1. The summed E-state index contributed by atoms with van der Waals surface area (Å²) >= 11 is 0. The van der Waals surface area contributed by atoms with Crippen LogP contribution >= 0.6 is 0 Å². The summed E-state index contributed by atoms with van der Waals surface area (Å²) in [7, 11) is 0. The first-order valence-electron chi connectivity index (χ1n) is 8.94. The molecule has 0 radical (unpaired) electrons. The second-order valence-corrected chi connectivity index (χ2v) is 6.94. The van der Waals surface area contributed by atoms with Crippen molar-refractivity contribution in [3.63, 3.8) is 0 Å². The molecule has 130 valence electrons. The molecule has 0 amide bonds. The minimum atomic E-state index is 0.0512. The van der Waals surface area contributed by atoms with Gasteiger partial charge < -0.3 is 10.3 Å². The Bertz CT molecular complexity index is 1030. The lowest BCUT2D eigenvalue weighted by atomic mass is 9.96. The Morgan fingerprint density at radius 3 is 2.31 bits per heavy atom. The van der Waals surface area contributed by atoms with E-state index in [0.717, 1.165) is 5.69 Å². The molecule has 0 aliphatic heterocycles. The molecule has 2 heterocycles. The van der Waals surface area contributed by atoms with E-state index >= 15 is 0 Å². The van der Waals surface area contributed by atoms with Gasteiger partial charge in [0.25, 0.3) is 0 Å². The number of rotatable bonds is 4. The summed E-state index contributed by atoms with van der Waals surface area (Å²) in [6, 6.07) is 19.3. The van der Waals surface area contributed by atoms with Gasteiger partial charge in [-0.25, -0.2) is 0 Å². The molecule has 0 spiro atoms. The molecule has 4 aromatic rings. The summed E-state index contributed by atoms with van der Waals surface area (Å²) in [5.41, 5.74) is 8.49. The lowest BCUT2D eigenvalue weighted by molar-refractivity contribution is 0.927. The molecule has 0 fully saturated rings. The highest BCUT2D eigenvalue weighted by Gasteiger charge is 2.21. The van der Waals surface area contributed by atoms with Crippen LogP contribution in [0.15, 0.2) is 67.0 Å². The van der Waals surface area contributed by atoms with Gasteiger partial charge in [0.05, 0.1) is 6.04 Å². The van der Waals surface area contributed by atoms with Crippen LogP contribution in [0, 0.1) is 20.8 Å². The molecule has 2 aromatic heterocycles. The number of anilines is 1. The third-order valence-electron chi connectivity index (χ3n) is 4.80. The van der Waals surface area contributed by atoms with Gasteiger partial charge in [-0.05, 0) is 67.8 Å². The van der Waals surface area contributed by atoms with Crippen LogP contribution < -0.4 is 5.32 Å². The van der Waals surface area contributed by atoms with E-state index in [1.807, 2.05) is 12.4 Å². The van der Waals surface area contributed by atoms with Gasteiger partial charge in [0.15, 0.2) is 0 Å². The molecule has 1 atom stereocenters. The number of fused-ring (bicyclic) bond motifs is 1. The first-order chi connectivity index (χ1) is 12.6. The molecule has 3 heteroatoms. The Balaban J connectivity index is 1.87. The SMILES string of the molecule is Cc1cc(C)cc(N[C@@H](c2ccncc2)c2c(C)[nH]c3ccccc23)c1. The number of H-pyrrole nitrogens is 1. The Hall–Kier alpha value is -3.07. The summed E-state index contributed by atoms with van der Waals surface area (Å²) < 4.78 is 0. The van der Waals surface area contributed by atoms with Crippen molar-refractivity contribution < 1.29 is 0 Å². The van der Waals surface area contributed by atoms with Crippen LogP contribution in [0.3, 0.4) is 0 Å². The zero-order valence-electron chi connectivity index (χ0n) is 15.4. The lowest BCUT2D eigenvalue weighted by Gasteiger charge is -2.22. The van der Waals surface area contributed by atoms with Crippen LogP contribution in [0.25, 0.3) is 10.9 Å². The molecular weight excluding hydrogens is 318 g/mol. The topological polar surface area (TPSA) is 40.7 Å². The normalized spacial score (nSPS) is 12.3. The van der Waals surface area contributed by atoms with Gasteiger partial charge >= 0.3 is 0 Å². The second kappa shape index (κ2) is 6.68. The van der Waals surface area contributed by atoms with Crippen molar-refractivity contribution in [2.45, 2.75) is 26.8 Å². The average molecular weight is 341 g/mol. The summed E-state index contributed by atoms with van der Waals surface area (Å²) in [4.78, 5) is 7.72. The van der Waals surface area contributed by atoms with Crippen molar-refractivity contribution in [1.82, 2.24) is 9.97 Å². The lowest BCUT2D eigenvalue weighted by Crippen LogP contribution is -2.13. The van der Waals surface area contributed by atoms with Crippen molar-refractivity contribution in [2.75, 3.05) is 5.32 Å². The van der Waals surface area contributed by atoms with Gasteiger partial charge in [0.2, 0.25) is 0 Å². The van der Waals surface area contributed by atoms with E-state index < -0.39 is 0 Å². The number of pyridine rings is 1. The number of hydrogen-bond acceptors (Lipinski definition) is 2. The Morgan fingerprint density at radius 2 is 1.58 bits per heavy atom. The van der Waals surface area contributed by atoms with Crippen molar-refractivity contribution in [2.24, 2.45) is 0 Å². The monoisotopic (exact) mass is 341 g/mol. The van der Waals surface area contributed by atoms with Crippen LogP contribution in [0.1, 0.15) is 34.0 Å². The number of aromatic nitrogens is 2. The fraction of sp³-hybridized carbons (Fsp3) is 0.174. The maximum atomic E-state index is 4.19. The largest absolute Gasteiger partial charge is 0.374 e. The third kappa shape index (κ3) is 3.08. The van der Waals surface area contributed by atoms with Gasteiger partial charge in [-0.2, -0.15) is 0 Å². The van der Waals surface area contributed by atoms with Gasteiger partial charge in [0.1, 0.15) is 0 Å². The van der Waals surface area contributed by atoms with Crippen molar-refractivity contribution >= 4 is 16.6 Å². The van der Waals surface area contributed by atoms with Gasteiger partial charge in [-0.15, -0.1) is 0 Å². The van der Waals surface area contributed by atoms with E-state index in [1.54, 1.807) is 0 Å². The highest BCUT2D eigenvalue weighted by molar-refractivity contribution is 5.86. The van der Waals surface area contributed by atoms with Gasteiger partial charge in [-0.1, -0.05) is 24.3 Å². The van der Waals surface area contributed by atoms with Crippen LogP contribution in [-0.4, -0.2) is 9.97 Å². The molecule has 4 rings (SSSR count). The van der Waals surface area contributed by atoms with E-state index in [0.29, 0.717) is 0 Å². The van der Waals surface area contributed by atoms with E-state index in [2.05, 4.69) is 90.7 Å². The highest BCUT2D eigenvalue weighted by Crippen LogP contribution is 2.34. The highest BCUT2D eigenvalue weighted by atomic mass is 14.9. The number of aryl methyl sites for hydroxylation is 3. The van der Waals surface area contributed by atoms with Crippen LogP contribution in [0.5, 0.6) is 0 Å². The Kier molecular flexibility index (Phi) is 4.21. The van der Waals surface area contributed by atoms with Crippen molar-refractivity contribution in [3.05, 3.63) is 94.9 Å². The zero-order valence-corrected chi connectivity index (χ0v) is 15.4. The predicted octanol–water partition coefficient (Wildman–Crippen LogP) is 5.69. The maximum Gasteiger partial charge on any atom is 0.0792 e. The standard InChI is InChI=1S/C23H23N3/c1-15-12-16(2)14-19(13-15)26-23(18-8-10-24-11-9-18)22-17(3)25-21-7-5-4-6-20(21)22/h4-14,23,25-26H,1-3H3/t23-/m0/s1. The summed E-state index contributed by atoms with van der Waals surface area (Å²) in [5.74, 6) is 0. The average Bonchev–Trinajstić information content (AvgIpc) is 2.95. The van der Waals surface area contributed by atoms with E-state index in [4.69, 9.17) is 0 Å². The Labute approximate surface area is 154 Å². The second-order valence-electron chi connectivity index (χ2n) is 6.94. The quantitative estimate of drug-likeness (QED) is 0.500. The molecule has 26 heavy (non-hydrogen) atoms. The van der Waals surface area contributed by atoms with Crippen molar-refractivity contribution in [3.8, 4) is 0 Å². The molecule has 0 saturated heterocycles. The molecule has 2 aromatic carbocycles. The summed E-state index contributed by atoms with van der Waals surface area (Å²) in [5, 5.41) is 5.02. The molecule has 0 saturated carbocycles. The predicted molar refractivity (Wildman–Crippen MR) is 109 cm³/mol. The van der Waals surface area contributed by atoms with E-state index in [9.17, 15) is 0 Å². The van der Waals surface area contributed by atoms with Crippen LogP contribution in [0.4, 0.5) is 5.69 Å². The molecule has 3 nitrogen and oxygen atoms in total. The first kappa shape index (κ1) is 16.4. The molecule has 0 aliphatic carbocycles. The summed E-state index contributed by atoms with van der Waals surface area (Å²) in [6.45, 7) is 6.42. The van der Waals surface area contributed by atoms with Gasteiger partial charge in [-0.3, -0.25) is 4.98 Å². The fourth-order valence-electron chi connectivity index (χ4n) is 3.77. The molecule has 0 bridgehead atoms. The molecular formula is C23H23N3. The van der Waals surface area contributed by atoms with E-state index in [1.165, 1.54) is 38.9 Å². The zero-order chi connectivity index (χ0) is 18.1. The van der Waals surface area contributed by atoms with Crippen molar-refractivity contribution in [1.29, 1.82) is 0 Å². The number of benzene rings is 2. The molecule has 2 N–H and O–H groups in total. The minimum Gasteiger partial charge on any atom is -0.374 e. The number of nitrogens with zero attached hydrogens (tertiary/aromatic N) is 1. The first-order valence-corrected chi connectivity index (χ1v) is 8.94. The van der Waals surface area contributed by atoms with E-state index in [-0.39, 0.29) is 6.04 Å². The minimum absolute atomic E-state index is 0.0512. The van der Waals surface area contributed by atoms with Gasteiger partial charge in [0, 0.05) is 40.2 Å². The fourth-order valence-corrected chi connectivity index (χ4v) is 3.77. The summed E-state index contributed by atoms with van der Waals surface area (Å²) in [6.07, 6.45) is 3.71. The molecule has 0 aliphatic rings. The maximum absolute atomic E-state index is 4.19. The van der Waals surface area contributed by atoms with Crippen LogP contribution in [-0.2, 0) is 0 Å². The smallest absolute Gasteiger partial charge is 0.0792 e. The number of aromatic amines is 1. The number of hydrogen-bond donors (Lipinski definition) is 2. The Morgan fingerprint density at radius 1 is 0.885 bits per heavy atom. The third-order valence-corrected chi connectivity index (χ3v) is 4.80. The number of nitrogens with one attached hydrogen (secondary N) is 2.